The Hall–Kier alpha value is -3.65. The number of nitrogens with zero attached hydrogens (tertiary/aromatic N) is 5. The number of carbonyl (C=O) groups is 1. The number of nitrogens with one attached hydrogen (secondary N) is 1. The number of carbonyl (C=O) groups excluding carboxylic acids is 1. The molecule has 0 aliphatic rings. The molecule has 1 amide bonds. The van der Waals surface area contributed by atoms with E-state index in [1.54, 1.807) is 12.4 Å². The molecule has 7 nitrogen and oxygen atoms in total. The number of hydrogen-bond acceptors (Lipinski definition) is 6. The van der Waals surface area contributed by atoms with Gasteiger partial charge in [-0.1, -0.05) is 17.8 Å². The van der Waals surface area contributed by atoms with Crippen LogP contribution in [0.15, 0.2) is 72.1 Å². The molecule has 0 fully saturated rings. The molecule has 0 bridgehead atoms. The number of aromatic nitrogens is 4. The first kappa shape index (κ1) is 23.5. The first-order valence-corrected chi connectivity index (χ1v) is 11.9. The highest BCUT2D eigenvalue weighted by Crippen LogP contribution is 2.31. The number of aryl methyl sites for hydroxylation is 2. The number of anilines is 2. The van der Waals surface area contributed by atoms with Crippen LogP contribution in [0.2, 0.25) is 0 Å². The highest BCUT2D eigenvalue weighted by molar-refractivity contribution is 8.00. The van der Waals surface area contributed by atoms with Crippen LogP contribution in [0.5, 0.6) is 0 Å². The number of amides is 1. The standard InChI is InChI=1S/C26H28N6OS/c1-17-6-9-23(16-18(17)2)32-24(20-12-14-27-15-13-20)29-30-26(32)34-19(3)25(33)28-21-7-10-22(11-8-21)31(4)5/h6-16,19H,1-5H3,(H,28,33). The van der Waals surface area contributed by atoms with Crippen molar-refractivity contribution in [1.82, 2.24) is 19.7 Å². The second-order valence-corrected chi connectivity index (χ2v) is 9.64. The Bertz CT molecular complexity index is 1280. The molecule has 4 aromatic rings. The summed E-state index contributed by atoms with van der Waals surface area (Å²) in [5.41, 5.74) is 6.08. The summed E-state index contributed by atoms with van der Waals surface area (Å²) in [6.45, 7) is 6.04. The second-order valence-electron chi connectivity index (χ2n) is 8.34. The SMILES string of the molecule is Cc1ccc(-n2c(SC(C)C(=O)Nc3ccc(N(C)C)cc3)nnc2-c2ccncc2)cc1C. The molecule has 0 saturated heterocycles. The summed E-state index contributed by atoms with van der Waals surface area (Å²) >= 11 is 1.38. The monoisotopic (exact) mass is 472 g/mol. The molecule has 34 heavy (non-hydrogen) atoms. The first-order chi connectivity index (χ1) is 16.3. The van der Waals surface area contributed by atoms with Gasteiger partial charge in [-0.3, -0.25) is 14.3 Å². The molecule has 0 saturated carbocycles. The molecule has 2 aromatic heterocycles. The minimum Gasteiger partial charge on any atom is -0.378 e. The highest BCUT2D eigenvalue weighted by atomic mass is 32.2. The van der Waals surface area contributed by atoms with Crippen LogP contribution in [0.1, 0.15) is 18.1 Å². The fourth-order valence-electron chi connectivity index (χ4n) is 3.43. The van der Waals surface area contributed by atoms with E-state index in [1.165, 1.54) is 22.9 Å². The van der Waals surface area contributed by atoms with E-state index in [1.807, 2.05) is 66.9 Å². The van der Waals surface area contributed by atoms with Gasteiger partial charge in [0, 0.05) is 43.4 Å². The van der Waals surface area contributed by atoms with Crippen molar-refractivity contribution in [2.45, 2.75) is 31.2 Å². The smallest absolute Gasteiger partial charge is 0.237 e. The molecule has 1 N–H and O–H groups in total. The lowest BCUT2D eigenvalue weighted by molar-refractivity contribution is -0.115. The molecule has 1 unspecified atom stereocenters. The molecular formula is C26H28N6OS. The Kier molecular flexibility index (Phi) is 6.98. The second kappa shape index (κ2) is 10.1. The average Bonchev–Trinajstić information content (AvgIpc) is 3.25. The van der Waals surface area contributed by atoms with E-state index in [4.69, 9.17) is 0 Å². The maximum absolute atomic E-state index is 13.0. The molecule has 0 aliphatic carbocycles. The van der Waals surface area contributed by atoms with Crippen molar-refractivity contribution in [2.75, 3.05) is 24.3 Å². The van der Waals surface area contributed by atoms with Gasteiger partial charge in [0.25, 0.3) is 0 Å². The molecule has 2 heterocycles. The Labute approximate surface area is 204 Å². The molecule has 8 heteroatoms. The van der Waals surface area contributed by atoms with Crippen LogP contribution in [0.25, 0.3) is 17.1 Å². The largest absolute Gasteiger partial charge is 0.378 e. The predicted molar refractivity (Wildman–Crippen MR) is 139 cm³/mol. The van der Waals surface area contributed by atoms with Crippen LogP contribution >= 0.6 is 11.8 Å². The van der Waals surface area contributed by atoms with Crippen LogP contribution in [-0.2, 0) is 4.79 Å². The van der Waals surface area contributed by atoms with Crippen LogP contribution < -0.4 is 10.2 Å². The highest BCUT2D eigenvalue weighted by Gasteiger charge is 2.22. The summed E-state index contributed by atoms with van der Waals surface area (Å²) in [5.74, 6) is 0.614. The molecule has 1 atom stereocenters. The van der Waals surface area contributed by atoms with E-state index in [2.05, 4.69) is 52.5 Å². The summed E-state index contributed by atoms with van der Waals surface area (Å²) in [6.07, 6.45) is 3.47. The number of rotatable bonds is 7. The normalized spacial score (nSPS) is 11.8. The van der Waals surface area contributed by atoms with Gasteiger partial charge in [0.15, 0.2) is 11.0 Å². The van der Waals surface area contributed by atoms with Crippen molar-refractivity contribution in [3.05, 3.63) is 78.1 Å². The molecule has 0 spiro atoms. The molecule has 2 aromatic carbocycles. The van der Waals surface area contributed by atoms with Crippen LogP contribution in [0.3, 0.4) is 0 Å². The zero-order chi connectivity index (χ0) is 24.2. The van der Waals surface area contributed by atoms with Gasteiger partial charge in [-0.25, -0.2) is 0 Å². The third kappa shape index (κ3) is 5.12. The molecule has 174 valence electrons. The summed E-state index contributed by atoms with van der Waals surface area (Å²) < 4.78 is 2.00. The van der Waals surface area contributed by atoms with Gasteiger partial charge in [0.1, 0.15) is 0 Å². The maximum atomic E-state index is 13.0. The molecule has 4 rings (SSSR count). The van der Waals surface area contributed by atoms with E-state index in [-0.39, 0.29) is 11.2 Å². The fourth-order valence-corrected chi connectivity index (χ4v) is 4.30. The lowest BCUT2D eigenvalue weighted by Gasteiger charge is -2.16. The van der Waals surface area contributed by atoms with Crippen molar-refractivity contribution < 1.29 is 4.79 Å². The topological polar surface area (TPSA) is 75.9 Å². The molecular weight excluding hydrogens is 444 g/mol. The van der Waals surface area contributed by atoms with Crippen molar-refractivity contribution >= 4 is 29.0 Å². The third-order valence-electron chi connectivity index (χ3n) is 5.62. The summed E-state index contributed by atoms with van der Waals surface area (Å²) in [4.78, 5) is 19.1. The van der Waals surface area contributed by atoms with Crippen LogP contribution in [-0.4, -0.2) is 45.0 Å². The summed E-state index contributed by atoms with van der Waals surface area (Å²) in [7, 11) is 3.97. The van der Waals surface area contributed by atoms with Gasteiger partial charge in [-0.05, 0) is 80.4 Å². The van der Waals surface area contributed by atoms with Gasteiger partial charge in [-0.15, -0.1) is 10.2 Å². The van der Waals surface area contributed by atoms with Gasteiger partial charge < -0.3 is 10.2 Å². The Morgan fingerprint density at radius 3 is 2.32 bits per heavy atom. The minimum atomic E-state index is -0.381. The Morgan fingerprint density at radius 2 is 1.68 bits per heavy atom. The van der Waals surface area contributed by atoms with Gasteiger partial charge in [0.05, 0.1) is 10.9 Å². The van der Waals surface area contributed by atoms with Crippen molar-refractivity contribution in [2.24, 2.45) is 0 Å². The number of benzene rings is 2. The summed E-state index contributed by atoms with van der Waals surface area (Å²) in [6, 6.07) is 17.8. The molecule has 0 aliphatic heterocycles. The van der Waals surface area contributed by atoms with Crippen molar-refractivity contribution in [3.63, 3.8) is 0 Å². The Morgan fingerprint density at radius 1 is 0.971 bits per heavy atom. The number of thioether (sulfide) groups is 1. The van der Waals surface area contributed by atoms with Gasteiger partial charge in [-0.2, -0.15) is 0 Å². The zero-order valence-electron chi connectivity index (χ0n) is 20.0. The summed E-state index contributed by atoms with van der Waals surface area (Å²) in [5, 5.41) is 12.2. The van der Waals surface area contributed by atoms with E-state index in [9.17, 15) is 4.79 Å². The third-order valence-corrected chi connectivity index (χ3v) is 6.67. The van der Waals surface area contributed by atoms with Crippen LogP contribution in [0, 0.1) is 13.8 Å². The van der Waals surface area contributed by atoms with Crippen molar-refractivity contribution in [3.8, 4) is 17.1 Å². The number of hydrogen-bond donors (Lipinski definition) is 1. The predicted octanol–water partition coefficient (Wildman–Crippen LogP) is 5.13. The lowest BCUT2D eigenvalue weighted by atomic mass is 10.1. The fraction of sp³-hybridized carbons (Fsp3) is 0.231. The van der Waals surface area contributed by atoms with E-state index in [0.29, 0.717) is 11.0 Å². The maximum Gasteiger partial charge on any atom is 0.237 e. The van der Waals surface area contributed by atoms with Crippen LogP contribution in [0.4, 0.5) is 11.4 Å². The van der Waals surface area contributed by atoms with Crippen molar-refractivity contribution in [1.29, 1.82) is 0 Å². The number of pyridine rings is 1. The minimum absolute atomic E-state index is 0.0947. The lowest BCUT2D eigenvalue weighted by Crippen LogP contribution is -2.23. The quantitative estimate of drug-likeness (QED) is 0.376. The molecule has 0 radical (unpaired) electrons. The van der Waals surface area contributed by atoms with E-state index in [0.717, 1.165) is 22.6 Å². The first-order valence-electron chi connectivity index (χ1n) is 11.0. The average molecular weight is 473 g/mol. The van der Waals surface area contributed by atoms with Gasteiger partial charge >= 0.3 is 0 Å². The zero-order valence-corrected chi connectivity index (χ0v) is 20.8. The Balaban J connectivity index is 1.61. The van der Waals surface area contributed by atoms with E-state index < -0.39 is 0 Å². The van der Waals surface area contributed by atoms with Gasteiger partial charge in [0.2, 0.25) is 5.91 Å². The van der Waals surface area contributed by atoms with E-state index >= 15 is 0 Å².